The van der Waals surface area contributed by atoms with E-state index in [9.17, 15) is 13.2 Å². The molecule has 1 nitrogen and oxygen atoms in total. The Bertz CT molecular complexity index is 354. The molecule has 1 aliphatic rings. The fourth-order valence-corrected chi connectivity index (χ4v) is 2.95. The molecule has 1 unspecified atom stereocenters. The zero-order chi connectivity index (χ0) is 11.5. The van der Waals surface area contributed by atoms with Crippen molar-refractivity contribution >= 4 is 17.4 Å². The molecule has 0 saturated carbocycles. The van der Waals surface area contributed by atoms with Gasteiger partial charge in [0.25, 0.3) is 0 Å². The monoisotopic (exact) mass is 247 g/mol. The Morgan fingerprint density at radius 2 is 1.94 bits per heavy atom. The molecule has 1 fully saturated rings. The van der Waals surface area contributed by atoms with Crippen molar-refractivity contribution in [3.8, 4) is 0 Å². The Balaban J connectivity index is 1.98. The van der Waals surface area contributed by atoms with E-state index in [2.05, 4.69) is 5.32 Å². The molecular formula is C11H12F3NS. The number of thioether (sulfide) groups is 1. The van der Waals surface area contributed by atoms with Crippen LogP contribution in [0.4, 0.5) is 18.9 Å². The second kappa shape index (κ2) is 4.99. The minimum Gasteiger partial charge on any atom is -0.385 e. The van der Waals surface area contributed by atoms with Crippen molar-refractivity contribution in [3.63, 3.8) is 0 Å². The molecule has 1 atom stereocenters. The maximum atomic E-state index is 12.9. The molecule has 0 radical (unpaired) electrons. The molecule has 1 aliphatic heterocycles. The van der Waals surface area contributed by atoms with Crippen LogP contribution in [0, 0.1) is 23.4 Å². The SMILES string of the molecule is Fc1cc(NCC2CCSC2)cc(F)c1F. The standard InChI is InChI=1S/C11H12F3NS/c12-9-3-8(4-10(13)11(9)14)15-5-7-1-2-16-6-7/h3-4,7,15H,1-2,5-6H2. The molecule has 5 heteroatoms. The number of anilines is 1. The van der Waals surface area contributed by atoms with Crippen LogP contribution < -0.4 is 5.32 Å². The highest BCUT2D eigenvalue weighted by atomic mass is 32.2. The average Bonchev–Trinajstić information content (AvgIpc) is 2.75. The Kier molecular flexibility index (Phi) is 3.63. The lowest BCUT2D eigenvalue weighted by Crippen LogP contribution is -2.13. The summed E-state index contributed by atoms with van der Waals surface area (Å²) in [5.41, 5.74) is 0.299. The summed E-state index contributed by atoms with van der Waals surface area (Å²) in [6.07, 6.45) is 1.11. The maximum Gasteiger partial charge on any atom is 0.194 e. The number of benzene rings is 1. The van der Waals surface area contributed by atoms with Crippen LogP contribution in [0.2, 0.25) is 0 Å². The summed E-state index contributed by atoms with van der Waals surface area (Å²) >= 11 is 1.88. The zero-order valence-electron chi connectivity index (χ0n) is 8.60. The molecule has 1 saturated heterocycles. The Hall–Kier alpha value is -0.840. The first-order valence-corrected chi connectivity index (χ1v) is 6.28. The van der Waals surface area contributed by atoms with Gasteiger partial charge in [0, 0.05) is 24.4 Å². The van der Waals surface area contributed by atoms with Crippen molar-refractivity contribution in [2.75, 3.05) is 23.4 Å². The van der Waals surface area contributed by atoms with Gasteiger partial charge in [0.05, 0.1) is 0 Å². The van der Waals surface area contributed by atoms with Crippen LogP contribution in [0.3, 0.4) is 0 Å². The summed E-state index contributed by atoms with van der Waals surface area (Å²) in [6, 6.07) is 1.97. The van der Waals surface area contributed by atoms with Crippen molar-refractivity contribution in [1.82, 2.24) is 0 Å². The van der Waals surface area contributed by atoms with Crippen molar-refractivity contribution in [2.45, 2.75) is 6.42 Å². The lowest BCUT2D eigenvalue weighted by Gasteiger charge is -2.11. The van der Waals surface area contributed by atoms with Gasteiger partial charge in [-0.25, -0.2) is 13.2 Å². The molecule has 0 aliphatic carbocycles. The average molecular weight is 247 g/mol. The number of hydrogen-bond acceptors (Lipinski definition) is 2. The number of nitrogens with one attached hydrogen (secondary N) is 1. The molecule has 1 N–H and O–H groups in total. The van der Waals surface area contributed by atoms with Gasteiger partial charge < -0.3 is 5.32 Å². The minimum atomic E-state index is -1.41. The van der Waals surface area contributed by atoms with E-state index in [1.165, 1.54) is 0 Å². The van der Waals surface area contributed by atoms with Crippen LogP contribution in [0.15, 0.2) is 12.1 Å². The van der Waals surface area contributed by atoms with Crippen molar-refractivity contribution in [1.29, 1.82) is 0 Å². The van der Waals surface area contributed by atoms with Crippen molar-refractivity contribution < 1.29 is 13.2 Å². The number of rotatable bonds is 3. The molecule has 2 rings (SSSR count). The normalized spacial score (nSPS) is 20.1. The van der Waals surface area contributed by atoms with Gasteiger partial charge in [0.1, 0.15) is 0 Å². The second-order valence-electron chi connectivity index (χ2n) is 3.86. The van der Waals surface area contributed by atoms with Crippen molar-refractivity contribution in [2.24, 2.45) is 5.92 Å². The van der Waals surface area contributed by atoms with Gasteiger partial charge in [-0.05, 0) is 23.8 Å². The van der Waals surface area contributed by atoms with E-state index in [0.717, 1.165) is 30.1 Å². The predicted molar refractivity (Wildman–Crippen MR) is 60.2 cm³/mol. The Morgan fingerprint density at radius 3 is 2.50 bits per heavy atom. The van der Waals surface area contributed by atoms with Gasteiger partial charge in [0.15, 0.2) is 17.5 Å². The van der Waals surface area contributed by atoms with Crippen LogP contribution in [0.25, 0.3) is 0 Å². The van der Waals surface area contributed by atoms with E-state index in [0.29, 0.717) is 18.2 Å². The van der Waals surface area contributed by atoms with Gasteiger partial charge >= 0.3 is 0 Å². The van der Waals surface area contributed by atoms with E-state index in [-0.39, 0.29) is 0 Å². The summed E-state index contributed by atoms with van der Waals surface area (Å²) < 4.78 is 38.4. The predicted octanol–water partition coefficient (Wildman–Crippen LogP) is 3.27. The molecule has 0 aromatic heterocycles. The van der Waals surface area contributed by atoms with E-state index >= 15 is 0 Å². The Labute approximate surface area is 96.4 Å². The van der Waals surface area contributed by atoms with Crippen LogP contribution in [-0.2, 0) is 0 Å². The summed E-state index contributed by atoms with van der Waals surface area (Å²) in [6.45, 7) is 0.678. The first-order chi connectivity index (χ1) is 7.66. The molecule has 0 spiro atoms. The van der Waals surface area contributed by atoms with Gasteiger partial charge in [-0.1, -0.05) is 0 Å². The third-order valence-corrected chi connectivity index (χ3v) is 3.83. The smallest absolute Gasteiger partial charge is 0.194 e. The lowest BCUT2D eigenvalue weighted by molar-refractivity contribution is 0.447. The highest BCUT2D eigenvalue weighted by Crippen LogP contribution is 2.24. The minimum absolute atomic E-state index is 0.299. The molecule has 0 amide bonds. The molecule has 1 aromatic carbocycles. The van der Waals surface area contributed by atoms with Gasteiger partial charge in [-0.3, -0.25) is 0 Å². The van der Waals surface area contributed by atoms with Crippen LogP contribution >= 0.6 is 11.8 Å². The fraction of sp³-hybridized carbons (Fsp3) is 0.455. The van der Waals surface area contributed by atoms with Crippen molar-refractivity contribution in [3.05, 3.63) is 29.6 Å². The fourth-order valence-electron chi connectivity index (χ4n) is 1.66. The first-order valence-electron chi connectivity index (χ1n) is 5.13. The quantitative estimate of drug-likeness (QED) is 0.823. The van der Waals surface area contributed by atoms with E-state index in [4.69, 9.17) is 0 Å². The van der Waals surface area contributed by atoms with Gasteiger partial charge in [-0.15, -0.1) is 0 Å². The molecule has 88 valence electrons. The third-order valence-electron chi connectivity index (χ3n) is 2.60. The summed E-state index contributed by atoms with van der Waals surface area (Å²) in [5, 5.41) is 2.94. The number of halogens is 3. The lowest BCUT2D eigenvalue weighted by atomic mass is 10.1. The van der Waals surface area contributed by atoms with E-state index in [1.807, 2.05) is 11.8 Å². The zero-order valence-corrected chi connectivity index (χ0v) is 9.42. The third kappa shape index (κ3) is 2.64. The molecular weight excluding hydrogens is 235 g/mol. The van der Waals surface area contributed by atoms with E-state index in [1.54, 1.807) is 0 Å². The van der Waals surface area contributed by atoms with Crippen LogP contribution in [0.1, 0.15) is 6.42 Å². The largest absolute Gasteiger partial charge is 0.385 e. The van der Waals surface area contributed by atoms with Gasteiger partial charge in [-0.2, -0.15) is 11.8 Å². The molecule has 1 aromatic rings. The molecule has 0 bridgehead atoms. The van der Waals surface area contributed by atoms with Crippen LogP contribution in [-0.4, -0.2) is 18.1 Å². The first kappa shape index (κ1) is 11.6. The second-order valence-corrected chi connectivity index (χ2v) is 5.01. The summed E-state index contributed by atoms with van der Waals surface area (Å²) in [4.78, 5) is 0. The maximum absolute atomic E-state index is 12.9. The van der Waals surface area contributed by atoms with Crippen LogP contribution in [0.5, 0.6) is 0 Å². The molecule has 1 heterocycles. The summed E-state index contributed by atoms with van der Waals surface area (Å²) in [5.74, 6) is -0.979. The highest BCUT2D eigenvalue weighted by molar-refractivity contribution is 7.99. The molecule has 16 heavy (non-hydrogen) atoms. The topological polar surface area (TPSA) is 12.0 Å². The summed E-state index contributed by atoms with van der Waals surface area (Å²) in [7, 11) is 0. The Morgan fingerprint density at radius 1 is 1.25 bits per heavy atom. The van der Waals surface area contributed by atoms with Gasteiger partial charge in [0.2, 0.25) is 0 Å². The highest BCUT2D eigenvalue weighted by Gasteiger charge is 2.16. The van der Waals surface area contributed by atoms with E-state index < -0.39 is 17.5 Å². The number of hydrogen-bond donors (Lipinski definition) is 1.